The standard InChI is InChI=1S/C12H17NO6S/c1-3-18-9(15)5-7(14)10(16)11-13-6-8(20-11)12(17)19-4-2/h6-7,10,14,16H,3-5H2,1-2H3. The molecule has 1 aromatic rings. The summed E-state index contributed by atoms with van der Waals surface area (Å²) in [6.45, 7) is 3.76. The van der Waals surface area contributed by atoms with Crippen LogP contribution >= 0.6 is 11.3 Å². The fourth-order valence-electron chi connectivity index (χ4n) is 1.39. The van der Waals surface area contributed by atoms with Crippen LogP contribution in [-0.2, 0) is 14.3 Å². The molecular formula is C12H17NO6S. The summed E-state index contributed by atoms with van der Waals surface area (Å²) in [6, 6.07) is 0. The predicted octanol–water partition coefficient (Wildman–Crippen LogP) is 0.667. The van der Waals surface area contributed by atoms with Gasteiger partial charge in [-0.05, 0) is 13.8 Å². The minimum Gasteiger partial charge on any atom is -0.466 e. The van der Waals surface area contributed by atoms with E-state index in [0.29, 0.717) is 0 Å². The lowest BCUT2D eigenvalue weighted by molar-refractivity contribution is -0.147. The van der Waals surface area contributed by atoms with Gasteiger partial charge in [-0.25, -0.2) is 9.78 Å². The normalized spacial score (nSPS) is 13.6. The van der Waals surface area contributed by atoms with Gasteiger partial charge in [0.2, 0.25) is 0 Å². The molecule has 0 spiro atoms. The molecule has 2 atom stereocenters. The summed E-state index contributed by atoms with van der Waals surface area (Å²) in [7, 11) is 0. The highest BCUT2D eigenvalue weighted by Crippen LogP contribution is 2.24. The molecule has 1 rings (SSSR count). The van der Waals surface area contributed by atoms with E-state index in [-0.39, 0.29) is 29.5 Å². The van der Waals surface area contributed by atoms with Crippen molar-refractivity contribution in [2.24, 2.45) is 0 Å². The summed E-state index contributed by atoms with van der Waals surface area (Å²) in [5, 5.41) is 19.7. The number of aliphatic hydroxyl groups is 2. The van der Waals surface area contributed by atoms with Gasteiger partial charge in [-0.2, -0.15) is 0 Å². The number of hydrogen-bond acceptors (Lipinski definition) is 8. The van der Waals surface area contributed by atoms with Crippen molar-refractivity contribution in [2.45, 2.75) is 32.5 Å². The first-order chi connectivity index (χ1) is 9.49. The third-order valence-corrected chi connectivity index (χ3v) is 3.35. The van der Waals surface area contributed by atoms with E-state index in [1.54, 1.807) is 13.8 Å². The van der Waals surface area contributed by atoms with Gasteiger partial charge in [0.25, 0.3) is 0 Å². The van der Waals surface area contributed by atoms with Gasteiger partial charge in [0, 0.05) is 0 Å². The quantitative estimate of drug-likeness (QED) is 0.713. The zero-order valence-corrected chi connectivity index (χ0v) is 12.1. The van der Waals surface area contributed by atoms with Crippen molar-refractivity contribution in [1.29, 1.82) is 0 Å². The van der Waals surface area contributed by atoms with Crippen LogP contribution in [0.2, 0.25) is 0 Å². The molecule has 20 heavy (non-hydrogen) atoms. The van der Waals surface area contributed by atoms with Crippen LogP contribution in [0.25, 0.3) is 0 Å². The molecule has 0 fully saturated rings. The van der Waals surface area contributed by atoms with Gasteiger partial charge in [0.15, 0.2) is 0 Å². The molecule has 2 N–H and O–H groups in total. The molecule has 7 nitrogen and oxygen atoms in total. The Balaban J connectivity index is 2.65. The molecule has 0 saturated carbocycles. The molecule has 1 aromatic heterocycles. The maximum Gasteiger partial charge on any atom is 0.349 e. The number of carbonyl (C=O) groups is 2. The van der Waals surface area contributed by atoms with Gasteiger partial charge in [-0.1, -0.05) is 0 Å². The van der Waals surface area contributed by atoms with Crippen molar-refractivity contribution in [3.05, 3.63) is 16.1 Å². The number of thiazole rings is 1. The van der Waals surface area contributed by atoms with Crippen LogP contribution < -0.4 is 0 Å². The number of carbonyl (C=O) groups excluding carboxylic acids is 2. The Morgan fingerprint density at radius 1 is 1.30 bits per heavy atom. The van der Waals surface area contributed by atoms with Crippen molar-refractivity contribution in [3.8, 4) is 0 Å². The molecule has 2 unspecified atom stereocenters. The molecule has 8 heteroatoms. The van der Waals surface area contributed by atoms with Gasteiger partial charge in [0.05, 0.1) is 31.9 Å². The second kappa shape index (κ2) is 7.93. The van der Waals surface area contributed by atoms with Crippen molar-refractivity contribution in [1.82, 2.24) is 4.98 Å². The smallest absolute Gasteiger partial charge is 0.349 e. The SMILES string of the molecule is CCOC(=O)CC(O)C(O)c1ncc(C(=O)OCC)s1. The topological polar surface area (TPSA) is 106 Å². The summed E-state index contributed by atoms with van der Waals surface area (Å²) in [5.41, 5.74) is 0. The van der Waals surface area contributed by atoms with Crippen LogP contribution in [0, 0.1) is 0 Å². The van der Waals surface area contributed by atoms with Crippen molar-refractivity contribution >= 4 is 23.3 Å². The second-order valence-corrected chi connectivity index (χ2v) is 4.87. The molecule has 112 valence electrons. The Labute approximate surface area is 120 Å². The summed E-state index contributed by atoms with van der Waals surface area (Å²) in [6.07, 6.45) is -1.77. The molecule has 0 amide bonds. The molecule has 0 aliphatic rings. The number of hydrogen-bond donors (Lipinski definition) is 2. The molecule has 0 aliphatic carbocycles. The van der Waals surface area contributed by atoms with Crippen LogP contribution in [0.4, 0.5) is 0 Å². The lowest BCUT2D eigenvalue weighted by Gasteiger charge is -2.14. The monoisotopic (exact) mass is 303 g/mol. The first-order valence-corrected chi connectivity index (χ1v) is 6.95. The molecule has 0 radical (unpaired) electrons. The van der Waals surface area contributed by atoms with Crippen LogP contribution in [-0.4, -0.2) is 46.5 Å². The number of aromatic nitrogens is 1. The zero-order valence-electron chi connectivity index (χ0n) is 11.2. The highest BCUT2D eigenvalue weighted by atomic mass is 32.1. The Morgan fingerprint density at radius 3 is 2.55 bits per heavy atom. The second-order valence-electron chi connectivity index (χ2n) is 3.80. The number of ether oxygens (including phenoxy) is 2. The average Bonchev–Trinajstić information content (AvgIpc) is 2.87. The Hall–Kier alpha value is -1.51. The van der Waals surface area contributed by atoms with Gasteiger partial charge in [0.1, 0.15) is 16.0 Å². The highest BCUT2D eigenvalue weighted by molar-refractivity contribution is 7.13. The maximum atomic E-state index is 11.4. The molecular weight excluding hydrogens is 286 g/mol. The summed E-state index contributed by atoms with van der Waals surface area (Å²) in [5.74, 6) is -1.15. The Kier molecular flexibility index (Phi) is 6.56. The fraction of sp³-hybridized carbons (Fsp3) is 0.583. The van der Waals surface area contributed by atoms with Crippen LogP contribution in [0.15, 0.2) is 6.20 Å². The molecule has 0 aromatic carbocycles. The minimum absolute atomic E-state index is 0.143. The van der Waals surface area contributed by atoms with Crippen LogP contribution in [0.3, 0.4) is 0 Å². The third-order valence-electron chi connectivity index (χ3n) is 2.30. The van der Waals surface area contributed by atoms with Crippen LogP contribution in [0.5, 0.6) is 0 Å². The summed E-state index contributed by atoms with van der Waals surface area (Å²) < 4.78 is 9.46. The Bertz CT molecular complexity index is 461. The first kappa shape index (κ1) is 16.5. The van der Waals surface area contributed by atoms with Crippen LogP contribution in [0.1, 0.15) is 41.1 Å². The summed E-state index contributed by atoms with van der Waals surface area (Å²) >= 11 is 0.910. The molecule has 0 bridgehead atoms. The number of rotatable bonds is 7. The fourth-order valence-corrected chi connectivity index (χ4v) is 2.24. The van der Waals surface area contributed by atoms with E-state index in [1.807, 2.05) is 0 Å². The first-order valence-electron chi connectivity index (χ1n) is 6.14. The lowest BCUT2D eigenvalue weighted by atomic mass is 10.1. The van der Waals surface area contributed by atoms with Gasteiger partial charge in [-0.3, -0.25) is 4.79 Å². The summed E-state index contributed by atoms with van der Waals surface area (Å²) in [4.78, 5) is 26.7. The minimum atomic E-state index is -1.35. The van der Waals surface area contributed by atoms with Crippen molar-refractivity contribution in [3.63, 3.8) is 0 Å². The van der Waals surface area contributed by atoms with E-state index < -0.39 is 24.1 Å². The maximum absolute atomic E-state index is 11.4. The third kappa shape index (κ3) is 4.55. The highest BCUT2D eigenvalue weighted by Gasteiger charge is 2.25. The number of aliphatic hydroxyl groups excluding tert-OH is 2. The van der Waals surface area contributed by atoms with E-state index in [1.165, 1.54) is 6.20 Å². The predicted molar refractivity (Wildman–Crippen MR) is 70.3 cm³/mol. The average molecular weight is 303 g/mol. The van der Waals surface area contributed by atoms with Gasteiger partial charge < -0.3 is 19.7 Å². The molecule has 0 aliphatic heterocycles. The van der Waals surface area contributed by atoms with Gasteiger partial charge in [-0.15, -0.1) is 11.3 Å². The molecule has 1 heterocycles. The largest absolute Gasteiger partial charge is 0.466 e. The number of esters is 2. The van der Waals surface area contributed by atoms with E-state index >= 15 is 0 Å². The lowest BCUT2D eigenvalue weighted by Crippen LogP contribution is -2.23. The van der Waals surface area contributed by atoms with E-state index in [9.17, 15) is 19.8 Å². The van der Waals surface area contributed by atoms with E-state index in [2.05, 4.69) is 9.72 Å². The Morgan fingerprint density at radius 2 is 1.95 bits per heavy atom. The molecule has 0 saturated heterocycles. The van der Waals surface area contributed by atoms with Crippen molar-refractivity contribution < 1.29 is 29.3 Å². The van der Waals surface area contributed by atoms with Gasteiger partial charge >= 0.3 is 11.9 Å². The van der Waals surface area contributed by atoms with E-state index in [0.717, 1.165) is 11.3 Å². The zero-order chi connectivity index (χ0) is 15.1. The van der Waals surface area contributed by atoms with E-state index in [4.69, 9.17) is 4.74 Å². The number of nitrogens with zero attached hydrogens (tertiary/aromatic N) is 1. The van der Waals surface area contributed by atoms with Crippen molar-refractivity contribution in [2.75, 3.05) is 13.2 Å².